The topological polar surface area (TPSA) is 176 Å². The first-order valence-corrected chi connectivity index (χ1v) is 29.6. The van der Waals surface area contributed by atoms with Gasteiger partial charge in [-0.25, -0.2) is 19.2 Å². The van der Waals surface area contributed by atoms with Crippen molar-refractivity contribution < 1.29 is 42.9 Å². The molecule has 0 saturated heterocycles. The first-order chi connectivity index (χ1) is 35.4. The van der Waals surface area contributed by atoms with Crippen LogP contribution in [0.25, 0.3) is 0 Å². The minimum atomic E-state index is -1.00. The van der Waals surface area contributed by atoms with E-state index < -0.39 is 36.6 Å². The molecule has 0 rings (SSSR count). The summed E-state index contributed by atoms with van der Waals surface area (Å²) in [7, 11) is 0. The van der Waals surface area contributed by atoms with E-state index in [4.69, 9.17) is 23.7 Å². The van der Waals surface area contributed by atoms with Crippen molar-refractivity contribution in [2.24, 2.45) is 47.3 Å². The van der Waals surface area contributed by atoms with Gasteiger partial charge in [-0.15, -0.1) is 0 Å². The molecule has 0 bridgehead atoms. The molecule has 75 heavy (non-hydrogen) atoms. The van der Waals surface area contributed by atoms with Gasteiger partial charge in [-0.1, -0.05) is 111 Å². The number of alkyl carbamates (subject to hydrolysis) is 4. The Bertz CT molecular complexity index is 1170. The molecule has 4 amide bonds. The van der Waals surface area contributed by atoms with Gasteiger partial charge in [0.25, 0.3) is 0 Å². The molecule has 0 saturated carbocycles. The zero-order valence-electron chi connectivity index (χ0n) is 51.0. The van der Waals surface area contributed by atoms with Gasteiger partial charge in [0.15, 0.2) is 0 Å². The molecule has 17 heteroatoms. The van der Waals surface area contributed by atoms with E-state index in [1.807, 2.05) is 0 Å². The molecule has 0 spiro atoms. The van der Waals surface area contributed by atoms with Crippen molar-refractivity contribution in [1.82, 2.24) is 40.9 Å². The van der Waals surface area contributed by atoms with E-state index in [1.165, 1.54) is 0 Å². The Hall–Kier alpha value is -3.12. The van der Waals surface area contributed by atoms with Crippen LogP contribution in [0.15, 0.2) is 0 Å². The van der Waals surface area contributed by atoms with Gasteiger partial charge in [-0.05, 0) is 151 Å². The zero-order chi connectivity index (χ0) is 56.6. The molecule has 0 fully saturated rings. The number of carbonyl (C=O) groups is 4. The maximum Gasteiger partial charge on any atom is 0.407 e. The standard InChI is InChI=1S/C58H118N8O9/c1-45(2)17-29-63(30-18-46(3)4)37-25-59-55(67)71-41-53(42-72-56(68)60-26-38-64(31-19-47(5)6)32-20-48(7)8)75-54(43-73-57(69)61-27-39-65(33-21-49(9)10)34-22-50(11)12)44-74-58(70)62-28-40-66(35-23-51(13)14)36-24-52(15)16/h45-54H,17-44H2,1-16H3,(H,59,67)(H,60,68)(H,61,69)(H,62,70). The minimum Gasteiger partial charge on any atom is -0.447 e. The molecular weight excluding hydrogens is 953 g/mol. The Labute approximate surface area is 459 Å². The van der Waals surface area contributed by atoms with Gasteiger partial charge in [0.1, 0.15) is 38.6 Å². The van der Waals surface area contributed by atoms with Crippen molar-refractivity contribution in [1.29, 1.82) is 0 Å². The predicted octanol–water partition coefficient (Wildman–Crippen LogP) is 10.2. The largest absolute Gasteiger partial charge is 0.447 e. The monoisotopic (exact) mass is 1070 g/mol. The fourth-order valence-corrected chi connectivity index (χ4v) is 7.54. The van der Waals surface area contributed by atoms with Gasteiger partial charge >= 0.3 is 24.4 Å². The molecule has 0 aromatic heterocycles. The molecule has 0 aromatic carbocycles. The highest BCUT2D eigenvalue weighted by molar-refractivity contribution is 5.68. The molecule has 0 unspecified atom stereocenters. The fraction of sp³-hybridized carbons (Fsp3) is 0.931. The summed E-state index contributed by atoms with van der Waals surface area (Å²) in [5, 5.41) is 11.5. The molecule has 0 aliphatic rings. The van der Waals surface area contributed by atoms with E-state index in [2.05, 4.69) is 152 Å². The lowest BCUT2D eigenvalue weighted by molar-refractivity contribution is -0.0996. The number of ether oxygens (including phenoxy) is 5. The van der Waals surface area contributed by atoms with E-state index >= 15 is 0 Å². The van der Waals surface area contributed by atoms with Crippen molar-refractivity contribution in [3.63, 3.8) is 0 Å². The van der Waals surface area contributed by atoms with Crippen molar-refractivity contribution in [2.75, 3.05) is 131 Å². The second-order valence-electron chi connectivity index (χ2n) is 24.3. The van der Waals surface area contributed by atoms with Gasteiger partial charge in [0, 0.05) is 52.4 Å². The highest BCUT2D eigenvalue weighted by Gasteiger charge is 2.25. The third kappa shape index (κ3) is 46.7. The van der Waals surface area contributed by atoms with Crippen LogP contribution in [0.3, 0.4) is 0 Å². The minimum absolute atomic E-state index is 0.290. The van der Waals surface area contributed by atoms with Crippen molar-refractivity contribution in [3.05, 3.63) is 0 Å². The smallest absolute Gasteiger partial charge is 0.407 e. The summed E-state index contributed by atoms with van der Waals surface area (Å²) in [5.74, 6) is 4.54. The highest BCUT2D eigenvalue weighted by atomic mass is 16.6. The summed E-state index contributed by atoms with van der Waals surface area (Å²) in [6.45, 7) is 46.0. The molecule has 4 N–H and O–H groups in total. The van der Waals surface area contributed by atoms with E-state index in [0.29, 0.717) is 99.7 Å². The maximum absolute atomic E-state index is 13.2. The van der Waals surface area contributed by atoms with Crippen LogP contribution in [0, 0.1) is 47.3 Å². The summed E-state index contributed by atoms with van der Waals surface area (Å²) in [6, 6.07) is 0. The van der Waals surface area contributed by atoms with Crippen LogP contribution in [-0.2, 0) is 23.7 Å². The molecule has 0 radical (unpaired) electrons. The maximum atomic E-state index is 13.2. The second-order valence-corrected chi connectivity index (χ2v) is 24.3. The van der Waals surface area contributed by atoms with E-state index in [-0.39, 0.29) is 26.4 Å². The molecular formula is C58H118N8O9. The molecule has 0 heterocycles. The Balaban J connectivity index is 6.26. The first-order valence-electron chi connectivity index (χ1n) is 29.6. The molecule has 17 nitrogen and oxygen atoms in total. The highest BCUT2D eigenvalue weighted by Crippen LogP contribution is 2.11. The predicted molar refractivity (Wildman–Crippen MR) is 307 cm³/mol. The lowest BCUT2D eigenvalue weighted by Gasteiger charge is -2.26. The quantitative estimate of drug-likeness (QED) is 0.0424. The Kier molecular flexibility index (Phi) is 43.0. The van der Waals surface area contributed by atoms with E-state index in [9.17, 15) is 19.2 Å². The third-order valence-corrected chi connectivity index (χ3v) is 13.0. The van der Waals surface area contributed by atoms with Crippen LogP contribution in [0.1, 0.15) is 162 Å². The number of nitrogens with one attached hydrogen (secondary N) is 4. The normalized spacial score (nSPS) is 12.2. The summed E-state index contributed by atoms with van der Waals surface area (Å²) < 4.78 is 29.2. The van der Waals surface area contributed by atoms with E-state index in [0.717, 1.165) is 104 Å². The summed E-state index contributed by atoms with van der Waals surface area (Å²) in [5.41, 5.74) is 0. The number of hydrogen-bond acceptors (Lipinski definition) is 13. The number of amides is 4. The molecule has 444 valence electrons. The van der Waals surface area contributed by atoms with Crippen LogP contribution in [0.4, 0.5) is 19.2 Å². The lowest BCUT2D eigenvalue weighted by Crippen LogP contribution is -2.42. The van der Waals surface area contributed by atoms with Crippen LogP contribution in [0.2, 0.25) is 0 Å². The first kappa shape index (κ1) is 71.9. The van der Waals surface area contributed by atoms with Crippen LogP contribution < -0.4 is 21.3 Å². The summed E-state index contributed by atoms with van der Waals surface area (Å²) in [4.78, 5) is 62.3. The molecule has 0 aliphatic heterocycles. The van der Waals surface area contributed by atoms with Crippen LogP contribution >= 0.6 is 0 Å². The molecule has 0 aliphatic carbocycles. The van der Waals surface area contributed by atoms with Gasteiger partial charge < -0.3 is 64.6 Å². The number of rotatable bonds is 46. The molecule has 0 atom stereocenters. The third-order valence-electron chi connectivity index (χ3n) is 13.0. The Morgan fingerprint density at radius 3 is 0.587 bits per heavy atom. The Morgan fingerprint density at radius 2 is 0.440 bits per heavy atom. The van der Waals surface area contributed by atoms with Crippen molar-refractivity contribution >= 4 is 24.4 Å². The van der Waals surface area contributed by atoms with Crippen LogP contribution in [-0.4, -0.2) is 187 Å². The number of carbonyl (C=O) groups excluding carboxylic acids is 4. The Morgan fingerprint density at radius 1 is 0.280 bits per heavy atom. The van der Waals surface area contributed by atoms with Gasteiger partial charge in [-0.3, -0.25) is 0 Å². The summed E-state index contributed by atoms with van der Waals surface area (Å²) >= 11 is 0. The average molecular weight is 1070 g/mol. The van der Waals surface area contributed by atoms with Crippen molar-refractivity contribution in [3.8, 4) is 0 Å². The number of nitrogens with zero attached hydrogens (tertiary/aromatic N) is 4. The van der Waals surface area contributed by atoms with Crippen molar-refractivity contribution in [2.45, 2.75) is 174 Å². The summed E-state index contributed by atoms with van der Waals surface area (Å²) in [6.07, 6.45) is 3.93. The SMILES string of the molecule is CC(C)CCN(CCNC(=O)OCC(COC(=O)NCCN(CCC(C)C)CCC(C)C)OC(COC(=O)NCCN(CCC(C)C)CCC(C)C)COC(=O)NCCN(CCC(C)C)CCC(C)C)CCC(C)C. The second kappa shape index (κ2) is 44.8. The lowest BCUT2D eigenvalue weighted by atomic mass is 10.1. The zero-order valence-corrected chi connectivity index (χ0v) is 51.0. The van der Waals surface area contributed by atoms with Gasteiger partial charge in [0.05, 0.1) is 0 Å². The average Bonchev–Trinajstić information content (AvgIpc) is 3.32. The molecule has 0 aromatic rings. The van der Waals surface area contributed by atoms with Gasteiger partial charge in [0.2, 0.25) is 0 Å². The van der Waals surface area contributed by atoms with E-state index in [1.54, 1.807) is 0 Å². The number of hydrogen-bond donors (Lipinski definition) is 4. The fourth-order valence-electron chi connectivity index (χ4n) is 7.54. The van der Waals surface area contributed by atoms with Crippen LogP contribution in [0.5, 0.6) is 0 Å². The van der Waals surface area contributed by atoms with Gasteiger partial charge in [-0.2, -0.15) is 0 Å².